The van der Waals surface area contributed by atoms with Gasteiger partial charge >= 0.3 is 0 Å². The summed E-state index contributed by atoms with van der Waals surface area (Å²) in [4.78, 5) is 20.1. The van der Waals surface area contributed by atoms with E-state index in [-0.39, 0.29) is 15.1 Å². The second kappa shape index (κ2) is 3.93. The van der Waals surface area contributed by atoms with E-state index in [1.54, 1.807) is 0 Å². The van der Waals surface area contributed by atoms with Crippen LogP contribution in [-0.4, -0.2) is 16.3 Å². The molecule has 0 saturated heterocycles. The number of nitrogens with zero attached hydrogens (tertiary/aromatic N) is 1. The van der Waals surface area contributed by atoms with Gasteiger partial charge in [0.15, 0.2) is 6.29 Å². The third-order valence-electron chi connectivity index (χ3n) is 1.51. The predicted octanol–water partition coefficient (Wildman–Crippen LogP) is 2.53. The molecule has 0 amide bonds. The molecule has 0 fully saturated rings. The molecule has 1 N–H and O–H groups in total. The average molecular weight is 280 g/mol. The van der Waals surface area contributed by atoms with E-state index >= 15 is 0 Å². The molecule has 0 unspecified atom stereocenters. The van der Waals surface area contributed by atoms with Gasteiger partial charge < -0.3 is 5.11 Å². The number of carbonyl (C=O) groups excluding carboxylic acids is 1. The topological polar surface area (TPSA) is 80.4 Å². The maximum Gasteiger partial charge on any atom is 0.290 e. The minimum atomic E-state index is -0.737. The van der Waals surface area contributed by atoms with Crippen molar-refractivity contribution in [3.8, 4) is 5.75 Å². The zero-order chi connectivity index (χ0) is 10.9. The van der Waals surface area contributed by atoms with E-state index in [1.807, 2.05) is 0 Å². The van der Waals surface area contributed by atoms with Crippen LogP contribution in [0.25, 0.3) is 0 Å². The van der Waals surface area contributed by atoms with Crippen molar-refractivity contribution >= 4 is 39.5 Å². The summed E-state index contributed by atoms with van der Waals surface area (Å²) >= 11 is 8.40. The Balaban J connectivity index is 3.56. The highest BCUT2D eigenvalue weighted by Gasteiger charge is 2.21. The molecule has 7 heteroatoms. The van der Waals surface area contributed by atoms with E-state index in [1.165, 1.54) is 0 Å². The molecular formula is C7H3BrClNO4. The molecule has 0 aliphatic carbocycles. The normalized spacial score (nSPS) is 9.86. The molecule has 5 nitrogen and oxygen atoms in total. The first-order valence-corrected chi connectivity index (χ1v) is 4.46. The lowest BCUT2D eigenvalue weighted by Gasteiger charge is -2.03. The van der Waals surface area contributed by atoms with Crippen molar-refractivity contribution < 1.29 is 14.8 Å². The summed E-state index contributed by atoms with van der Waals surface area (Å²) in [5, 5.41) is 19.5. The quantitative estimate of drug-likeness (QED) is 0.513. The molecular weight excluding hydrogens is 277 g/mol. The van der Waals surface area contributed by atoms with Crippen molar-refractivity contribution in [1.82, 2.24) is 0 Å². The van der Waals surface area contributed by atoms with Gasteiger partial charge in [0.05, 0.1) is 15.0 Å². The minimum absolute atomic E-state index is 0.0598. The van der Waals surface area contributed by atoms with Crippen molar-refractivity contribution in [3.63, 3.8) is 0 Å². The second-order valence-electron chi connectivity index (χ2n) is 2.34. The molecule has 0 aliphatic rings. The Bertz CT molecular complexity index is 421. The third kappa shape index (κ3) is 1.71. The SMILES string of the molecule is O=Cc1cc([N+](=O)[O-])c(Cl)c(Br)c1O. The number of hydrogen-bond acceptors (Lipinski definition) is 4. The molecule has 14 heavy (non-hydrogen) atoms. The number of nitro benzene ring substituents is 1. The fourth-order valence-corrected chi connectivity index (χ4v) is 1.49. The van der Waals surface area contributed by atoms with E-state index in [4.69, 9.17) is 11.6 Å². The number of rotatable bonds is 2. The lowest BCUT2D eigenvalue weighted by Crippen LogP contribution is -1.93. The molecule has 0 heterocycles. The summed E-state index contributed by atoms with van der Waals surface area (Å²) < 4.78 is -0.0598. The van der Waals surface area contributed by atoms with E-state index in [0.29, 0.717) is 6.29 Å². The molecule has 0 bridgehead atoms. The molecule has 74 valence electrons. The highest BCUT2D eigenvalue weighted by atomic mass is 79.9. The van der Waals surface area contributed by atoms with Gasteiger partial charge in [-0.15, -0.1) is 0 Å². The maximum atomic E-state index is 10.5. The van der Waals surface area contributed by atoms with Crippen molar-refractivity contribution in [3.05, 3.63) is 31.2 Å². The molecule has 0 aromatic heterocycles. The number of carbonyl (C=O) groups is 1. The zero-order valence-electron chi connectivity index (χ0n) is 6.53. The summed E-state index contributed by atoms with van der Waals surface area (Å²) in [6, 6.07) is 0.912. The van der Waals surface area contributed by atoms with Crippen LogP contribution in [0.2, 0.25) is 5.02 Å². The lowest BCUT2D eigenvalue weighted by atomic mass is 10.2. The van der Waals surface area contributed by atoms with Crippen molar-refractivity contribution in [2.75, 3.05) is 0 Å². The number of aldehydes is 1. The molecule has 0 spiro atoms. The minimum Gasteiger partial charge on any atom is -0.506 e. The van der Waals surface area contributed by atoms with Crippen LogP contribution in [0, 0.1) is 10.1 Å². The Morgan fingerprint density at radius 2 is 2.21 bits per heavy atom. The highest BCUT2D eigenvalue weighted by molar-refractivity contribution is 9.10. The van der Waals surface area contributed by atoms with Gasteiger partial charge in [-0.05, 0) is 15.9 Å². The number of aromatic hydroxyl groups is 1. The fraction of sp³-hybridized carbons (Fsp3) is 0. The number of phenolic OH excluding ortho intramolecular Hbond substituents is 1. The monoisotopic (exact) mass is 279 g/mol. The maximum absolute atomic E-state index is 10.5. The Labute approximate surface area is 91.6 Å². The van der Waals surface area contributed by atoms with Crippen LogP contribution in [0.4, 0.5) is 5.69 Å². The van der Waals surface area contributed by atoms with Crippen LogP contribution in [0.3, 0.4) is 0 Å². The van der Waals surface area contributed by atoms with Crippen molar-refractivity contribution in [2.45, 2.75) is 0 Å². The summed E-state index contributed by atoms with van der Waals surface area (Å²) in [5.41, 5.74) is -0.619. The van der Waals surface area contributed by atoms with Crippen LogP contribution >= 0.6 is 27.5 Å². The summed E-state index contributed by atoms with van der Waals surface area (Å²) in [7, 11) is 0. The standard InChI is InChI=1S/C7H3BrClNO4/c8-5-6(9)4(10(13)14)1-3(2-11)7(5)12/h1-2,12H. The van der Waals surface area contributed by atoms with E-state index < -0.39 is 16.4 Å². The van der Waals surface area contributed by atoms with Gasteiger partial charge in [-0.1, -0.05) is 11.6 Å². The molecule has 0 radical (unpaired) electrons. The molecule has 1 aromatic rings. The first-order chi connectivity index (χ1) is 6.49. The molecule has 1 aromatic carbocycles. The Kier molecular flexibility index (Phi) is 3.07. The molecule has 0 aliphatic heterocycles. The number of hydrogen-bond donors (Lipinski definition) is 1. The van der Waals surface area contributed by atoms with E-state index in [0.717, 1.165) is 6.07 Å². The average Bonchev–Trinajstić information content (AvgIpc) is 2.14. The summed E-state index contributed by atoms with van der Waals surface area (Å²) in [5.74, 6) is -0.407. The van der Waals surface area contributed by atoms with Crippen LogP contribution < -0.4 is 0 Å². The summed E-state index contributed by atoms with van der Waals surface area (Å²) in [6.07, 6.45) is 0.309. The number of benzene rings is 1. The Morgan fingerprint density at radius 3 is 2.64 bits per heavy atom. The number of nitro groups is 1. The smallest absolute Gasteiger partial charge is 0.290 e. The highest BCUT2D eigenvalue weighted by Crippen LogP contribution is 2.40. The van der Waals surface area contributed by atoms with Crippen LogP contribution in [0.15, 0.2) is 10.5 Å². The van der Waals surface area contributed by atoms with E-state index in [2.05, 4.69) is 15.9 Å². The molecule has 0 saturated carbocycles. The Morgan fingerprint density at radius 1 is 1.64 bits per heavy atom. The Hall–Kier alpha value is -1.14. The first kappa shape index (κ1) is 10.9. The van der Waals surface area contributed by atoms with Gasteiger partial charge in [0.1, 0.15) is 10.8 Å². The molecule has 0 atom stereocenters. The first-order valence-electron chi connectivity index (χ1n) is 3.29. The van der Waals surface area contributed by atoms with Gasteiger partial charge in [0.2, 0.25) is 0 Å². The zero-order valence-corrected chi connectivity index (χ0v) is 8.87. The van der Waals surface area contributed by atoms with Crippen LogP contribution in [-0.2, 0) is 0 Å². The summed E-state index contributed by atoms with van der Waals surface area (Å²) in [6.45, 7) is 0. The largest absolute Gasteiger partial charge is 0.506 e. The van der Waals surface area contributed by atoms with Crippen molar-refractivity contribution in [1.29, 1.82) is 0 Å². The van der Waals surface area contributed by atoms with Gasteiger partial charge in [0, 0.05) is 6.07 Å². The molecule has 1 rings (SSSR count). The van der Waals surface area contributed by atoms with Gasteiger partial charge in [-0.3, -0.25) is 14.9 Å². The van der Waals surface area contributed by atoms with Crippen LogP contribution in [0.5, 0.6) is 5.75 Å². The third-order valence-corrected chi connectivity index (χ3v) is 2.90. The van der Waals surface area contributed by atoms with Gasteiger partial charge in [0.25, 0.3) is 5.69 Å². The van der Waals surface area contributed by atoms with Crippen LogP contribution in [0.1, 0.15) is 10.4 Å². The van der Waals surface area contributed by atoms with E-state index in [9.17, 15) is 20.0 Å². The lowest BCUT2D eigenvalue weighted by molar-refractivity contribution is -0.384. The second-order valence-corrected chi connectivity index (χ2v) is 3.51. The fourth-order valence-electron chi connectivity index (χ4n) is 0.845. The number of phenols is 1. The van der Waals surface area contributed by atoms with Gasteiger partial charge in [-0.25, -0.2) is 0 Å². The van der Waals surface area contributed by atoms with Gasteiger partial charge in [-0.2, -0.15) is 0 Å². The predicted molar refractivity (Wildman–Crippen MR) is 52.9 cm³/mol. The van der Waals surface area contributed by atoms with Crippen molar-refractivity contribution in [2.24, 2.45) is 0 Å². The number of halogens is 2.